The first-order chi connectivity index (χ1) is 10.6. The predicted molar refractivity (Wildman–Crippen MR) is 85.3 cm³/mol. The summed E-state index contributed by atoms with van der Waals surface area (Å²) in [7, 11) is 0. The van der Waals surface area contributed by atoms with Gasteiger partial charge in [0.05, 0.1) is 11.4 Å². The van der Waals surface area contributed by atoms with E-state index in [1.807, 2.05) is 0 Å². The van der Waals surface area contributed by atoms with Crippen LogP contribution in [-0.4, -0.2) is 22.6 Å². The van der Waals surface area contributed by atoms with Crippen LogP contribution in [0.1, 0.15) is 30.8 Å². The molecule has 1 aliphatic heterocycles. The minimum Gasteiger partial charge on any atom is -0.369 e. The molecule has 1 fully saturated rings. The molecule has 22 heavy (non-hydrogen) atoms. The molecule has 2 heterocycles. The van der Waals surface area contributed by atoms with E-state index in [-0.39, 0.29) is 11.4 Å². The molecule has 0 bridgehead atoms. The van der Waals surface area contributed by atoms with Gasteiger partial charge in [-0.2, -0.15) is 0 Å². The maximum Gasteiger partial charge on any atom is 0.258 e. The van der Waals surface area contributed by atoms with Crippen LogP contribution in [0, 0.1) is 19.7 Å². The van der Waals surface area contributed by atoms with Crippen molar-refractivity contribution in [2.45, 2.75) is 33.1 Å². The average Bonchev–Trinajstić information content (AvgIpc) is 2.47. The molecular weight excluding hydrogens is 281 g/mol. The summed E-state index contributed by atoms with van der Waals surface area (Å²) >= 11 is 0. The maximum absolute atomic E-state index is 14.5. The van der Waals surface area contributed by atoms with Gasteiger partial charge in [-0.3, -0.25) is 9.36 Å². The van der Waals surface area contributed by atoms with E-state index >= 15 is 0 Å². The molecule has 116 valence electrons. The van der Waals surface area contributed by atoms with Gasteiger partial charge in [0.1, 0.15) is 11.6 Å². The minimum atomic E-state index is -0.286. The molecule has 3 rings (SSSR count). The summed E-state index contributed by atoms with van der Waals surface area (Å²) in [6, 6.07) is 6.44. The molecule has 1 aromatic carbocycles. The van der Waals surface area contributed by atoms with Crippen molar-refractivity contribution in [3.63, 3.8) is 0 Å². The second-order valence-corrected chi connectivity index (χ2v) is 5.80. The van der Waals surface area contributed by atoms with Gasteiger partial charge in [0, 0.05) is 30.9 Å². The van der Waals surface area contributed by atoms with Gasteiger partial charge in [-0.15, -0.1) is 0 Å². The Morgan fingerprint density at radius 1 is 1.09 bits per heavy atom. The molecule has 1 aliphatic rings. The van der Waals surface area contributed by atoms with Crippen molar-refractivity contribution in [1.82, 2.24) is 9.55 Å². The molecule has 0 unspecified atom stereocenters. The number of hydrogen-bond acceptors (Lipinski definition) is 3. The van der Waals surface area contributed by atoms with Crippen LogP contribution in [0.25, 0.3) is 5.69 Å². The molecule has 2 aromatic rings. The average molecular weight is 301 g/mol. The van der Waals surface area contributed by atoms with Crippen LogP contribution in [0.4, 0.5) is 10.1 Å². The van der Waals surface area contributed by atoms with Gasteiger partial charge in [0.15, 0.2) is 0 Å². The second-order valence-electron chi connectivity index (χ2n) is 5.80. The van der Waals surface area contributed by atoms with Crippen LogP contribution in [0.15, 0.2) is 29.1 Å². The number of aryl methyl sites for hydroxylation is 2. The number of benzene rings is 1. The van der Waals surface area contributed by atoms with Gasteiger partial charge in [-0.05, 0) is 45.2 Å². The van der Waals surface area contributed by atoms with Crippen molar-refractivity contribution in [2.75, 3.05) is 18.0 Å². The molecule has 1 saturated heterocycles. The number of halogens is 1. The Morgan fingerprint density at radius 3 is 2.45 bits per heavy atom. The number of aromatic nitrogens is 2. The van der Waals surface area contributed by atoms with Crippen molar-refractivity contribution < 1.29 is 4.39 Å². The highest BCUT2D eigenvalue weighted by molar-refractivity contribution is 5.53. The number of nitrogens with zero attached hydrogens (tertiary/aromatic N) is 3. The van der Waals surface area contributed by atoms with E-state index in [0.29, 0.717) is 22.9 Å². The summed E-state index contributed by atoms with van der Waals surface area (Å²) in [6.45, 7) is 5.31. The molecule has 0 radical (unpaired) electrons. The third-order valence-corrected chi connectivity index (χ3v) is 4.10. The first kappa shape index (κ1) is 14.8. The molecule has 0 atom stereocenters. The van der Waals surface area contributed by atoms with Crippen LogP contribution < -0.4 is 10.5 Å². The highest BCUT2D eigenvalue weighted by Gasteiger charge is 2.16. The highest BCUT2D eigenvalue weighted by atomic mass is 19.1. The number of anilines is 1. The maximum atomic E-state index is 14.5. The molecule has 4 nitrogen and oxygen atoms in total. The lowest BCUT2D eigenvalue weighted by Crippen LogP contribution is -2.30. The first-order valence-corrected chi connectivity index (χ1v) is 7.68. The van der Waals surface area contributed by atoms with Gasteiger partial charge < -0.3 is 4.90 Å². The monoisotopic (exact) mass is 301 g/mol. The van der Waals surface area contributed by atoms with Crippen LogP contribution in [-0.2, 0) is 0 Å². The standard InChI is InChI=1S/C17H20FN3O/c1-12-10-17(22)21(13(2)19-12)14-6-7-16(15(18)11-14)20-8-4-3-5-9-20/h6-7,10-11H,3-5,8-9H2,1-2H3. The van der Waals surface area contributed by atoms with Gasteiger partial charge in [-0.1, -0.05) is 0 Å². The zero-order valence-electron chi connectivity index (χ0n) is 13.0. The van der Waals surface area contributed by atoms with Gasteiger partial charge in [0.2, 0.25) is 0 Å². The highest BCUT2D eigenvalue weighted by Crippen LogP contribution is 2.25. The summed E-state index contributed by atoms with van der Waals surface area (Å²) in [4.78, 5) is 18.5. The van der Waals surface area contributed by atoms with Crippen LogP contribution in [0.5, 0.6) is 0 Å². The summed E-state index contributed by atoms with van der Waals surface area (Å²) in [6.07, 6.45) is 3.41. The number of hydrogen-bond donors (Lipinski definition) is 0. The molecule has 1 aromatic heterocycles. The Morgan fingerprint density at radius 2 is 1.82 bits per heavy atom. The second kappa shape index (κ2) is 5.91. The van der Waals surface area contributed by atoms with E-state index in [9.17, 15) is 9.18 Å². The number of piperidine rings is 1. The van der Waals surface area contributed by atoms with E-state index < -0.39 is 0 Å². The fourth-order valence-electron chi connectivity index (χ4n) is 3.08. The van der Waals surface area contributed by atoms with E-state index in [2.05, 4.69) is 9.88 Å². The molecule has 5 heteroatoms. The van der Waals surface area contributed by atoms with Crippen molar-refractivity contribution in [1.29, 1.82) is 0 Å². The number of rotatable bonds is 2. The van der Waals surface area contributed by atoms with Crippen molar-refractivity contribution in [3.8, 4) is 5.69 Å². The Bertz CT molecular complexity index is 748. The lowest BCUT2D eigenvalue weighted by atomic mass is 10.1. The summed E-state index contributed by atoms with van der Waals surface area (Å²) < 4.78 is 15.9. The smallest absolute Gasteiger partial charge is 0.258 e. The SMILES string of the molecule is Cc1cc(=O)n(-c2ccc(N3CCCCC3)c(F)c2)c(C)n1. The van der Waals surface area contributed by atoms with Gasteiger partial charge in [0.25, 0.3) is 5.56 Å². The fraction of sp³-hybridized carbons (Fsp3) is 0.412. The Labute approximate surface area is 129 Å². The van der Waals surface area contributed by atoms with Crippen LogP contribution >= 0.6 is 0 Å². The van der Waals surface area contributed by atoms with E-state index in [1.165, 1.54) is 23.1 Å². The summed E-state index contributed by atoms with van der Waals surface area (Å²) in [5.41, 5.74) is 1.63. The molecule has 0 saturated carbocycles. The molecule has 0 aliphatic carbocycles. The van der Waals surface area contributed by atoms with Crippen molar-refractivity contribution in [2.24, 2.45) is 0 Å². The minimum absolute atomic E-state index is 0.185. The lowest BCUT2D eigenvalue weighted by Gasteiger charge is -2.29. The fourth-order valence-corrected chi connectivity index (χ4v) is 3.08. The van der Waals surface area contributed by atoms with Crippen LogP contribution in [0.3, 0.4) is 0 Å². The summed E-state index contributed by atoms with van der Waals surface area (Å²) in [5, 5.41) is 0. The molecule has 0 N–H and O–H groups in total. The van der Waals surface area contributed by atoms with Gasteiger partial charge in [-0.25, -0.2) is 9.37 Å². The molecular formula is C17H20FN3O. The first-order valence-electron chi connectivity index (χ1n) is 7.68. The normalized spacial score (nSPS) is 15.1. The summed E-state index contributed by atoms with van der Waals surface area (Å²) in [5.74, 6) is 0.279. The van der Waals surface area contributed by atoms with E-state index in [0.717, 1.165) is 25.9 Å². The van der Waals surface area contributed by atoms with Gasteiger partial charge >= 0.3 is 0 Å². The predicted octanol–water partition coefficient (Wildman–Crippen LogP) is 2.98. The lowest BCUT2D eigenvalue weighted by molar-refractivity contribution is 0.556. The van der Waals surface area contributed by atoms with E-state index in [4.69, 9.17) is 0 Å². The molecule has 0 spiro atoms. The Hall–Kier alpha value is -2.17. The molecule has 0 amide bonds. The zero-order chi connectivity index (χ0) is 15.7. The Balaban J connectivity index is 2.00. The Kier molecular flexibility index (Phi) is 3.96. The van der Waals surface area contributed by atoms with Crippen LogP contribution in [0.2, 0.25) is 0 Å². The topological polar surface area (TPSA) is 38.1 Å². The quantitative estimate of drug-likeness (QED) is 0.856. The van der Waals surface area contributed by atoms with E-state index in [1.54, 1.807) is 26.0 Å². The largest absolute Gasteiger partial charge is 0.369 e. The zero-order valence-corrected chi connectivity index (χ0v) is 13.0. The van der Waals surface area contributed by atoms with Crippen molar-refractivity contribution >= 4 is 5.69 Å². The third kappa shape index (κ3) is 2.75. The van der Waals surface area contributed by atoms with Crippen molar-refractivity contribution in [3.05, 3.63) is 52.0 Å². The third-order valence-electron chi connectivity index (χ3n) is 4.10.